The predicted molar refractivity (Wildman–Crippen MR) is 89.0 cm³/mol. The maximum Gasteiger partial charge on any atom is 0.317 e. The average Bonchev–Trinajstić information content (AvgIpc) is 2.77. The second kappa shape index (κ2) is 7.30. The summed E-state index contributed by atoms with van der Waals surface area (Å²) in [6.45, 7) is 6.84. The summed E-state index contributed by atoms with van der Waals surface area (Å²) in [6.07, 6.45) is 2.70. The highest BCUT2D eigenvalue weighted by Gasteiger charge is 2.33. The van der Waals surface area contributed by atoms with E-state index >= 15 is 0 Å². The molecule has 126 valence electrons. The highest BCUT2D eigenvalue weighted by molar-refractivity contribution is 5.74. The van der Waals surface area contributed by atoms with E-state index in [1.54, 1.807) is 6.07 Å². The number of hydrogen-bond donors (Lipinski definition) is 1. The number of likely N-dealkylation sites (N-methyl/N-ethyl adjacent to an activating group) is 1. The fourth-order valence-corrected chi connectivity index (χ4v) is 3.55. The van der Waals surface area contributed by atoms with Crippen molar-refractivity contribution in [3.8, 4) is 0 Å². The Morgan fingerprint density at radius 1 is 1.22 bits per heavy atom. The first-order valence-corrected chi connectivity index (χ1v) is 8.69. The highest BCUT2D eigenvalue weighted by atomic mass is 19.1. The monoisotopic (exact) mass is 319 g/mol. The summed E-state index contributed by atoms with van der Waals surface area (Å²) in [5.74, 6) is 0.107. The van der Waals surface area contributed by atoms with Gasteiger partial charge in [0.05, 0.1) is 0 Å². The van der Waals surface area contributed by atoms with E-state index < -0.39 is 0 Å². The second-order valence-corrected chi connectivity index (χ2v) is 6.61. The van der Waals surface area contributed by atoms with Crippen LogP contribution >= 0.6 is 0 Å². The lowest BCUT2D eigenvalue weighted by Crippen LogP contribution is -2.50. The lowest BCUT2D eigenvalue weighted by atomic mass is 9.76. The Hall–Kier alpha value is -1.62. The van der Waals surface area contributed by atoms with Gasteiger partial charge in [-0.15, -0.1) is 0 Å². The van der Waals surface area contributed by atoms with Crippen LogP contribution in [0.5, 0.6) is 0 Å². The number of amides is 2. The first kappa shape index (κ1) is 16.2. The van der Waals surface area contributed by atoms with Crippen LogP contribution in [0.3, 0.4) is 0 Å². The third-order valence-corrected chi connectivity index (χ3v) is 5.13. The maximum absolute atomic E-state index is 13.8. The van der Waals surface area contributed by atoms with Crippen LogP contribution in [0.25, 0.3) is 0 Å². The lowest BCUT2D eigenvalue weighted by Gasteiger charge is -2.37. The van der Waals surface area contributed by atoms with Gasteiger partial charge in [0.1, 0.15) is 5.82 Å². The van der Waals surface area contributed by atoms with E-state index in [9.17, 15) is 9.18 Å². The zero-order valence-corrected chi connectivity index (χ0v) is 13.8. The van der Waals surface area contributed by atoms with Crippen molar-refractivity contribution < 1.29 is 9.18 Å². The molecule has 0 atom stereocenters. The summed E-state index contributed by atoms with van der Waals surface area (Å²) in [5.41, 5.74) is 0.784. The molecule has 0 unspecified atom stereocenters. The molecule has 1 aliphatic carbocycles. The van der Waals surface area contributed by atoms with Crippen molar-refractivity contribution in [1.82, 2.24) is 15.1 Å². The molecule has 1 aromatic carbocycles. The zero-order chi connectivity index (χ0) is 16.2. The number of nitrogens with zero attached hydrogens (tertiary/aromatic N) is 2. The van der Waals surface area contributed by atoms with Gasteiger partial charge in [-0.1, -0.05) is 25.1 Å². The van der Waals surface area contributed by atoms with E-state index in [4.69, 9.17) is 0 Å². The minimum Gasteiger partial charge on any atom is -0.335 e. The minimum absolute atomic E-state index is 0.0416. The van der Waals surface area contributed by atoms with Crippen LogP contribution < -0.4 is 5.32 Å². The van der Waals surface area contributed by atoms with Gasteiger partial charge in [0.25, 0.3) is 0 Å². The number of carbonyl (C=O) groups excluding carboxylic acids is 1. The standard InChI is InChI=1S/C18H26FN3O/c1-2-21-8-5-9-22(11-10-21)18(23)20-15-12-14(13-15)16-6-3-4-7-17(16)19/h3-4,6-7,14-15H,2,5,8-13H2,1H3,(H,20,23). The van der Waals surface area contributed by atoms with Crippen LogP contribution in [0.2, 0.25) is 0 Å². The molecule has 5 heteroatoms. The number of benzene rings is 1. The van der Waals surface area contributed by atoms with Crippen molar-refractivity contribution in [2.24, 2.45) is 0 Å². The van der Waals surface area contributed by atoms with Gasteiger partial charge < -0.3 is 15.1 Å². The van der Waals surface area contributed by atoms with Crippen LogP contribution in [-0.4, -0.2) is 54.6 Å². The molecule has 1 aromatic rings. The van der Waals surface area contributed by atoms with Crippen molar-refractivity contribution in [1.29, 1.82) is 0 Å². The molecular formula is C18H26FN3O. The van der Waals surface area contributed by atoms with Crippen LogP contribution in [0.4, 0.5) is 9.18 Å². The molecule has 2 fully saturated rings. The van der Waals surface area contributed by atoms with Crippen LogP contribution in [0, 0.1) is 5.82 Å². The van der Waals surface area contributed by atoms with Crippen molar-refractivity contribution in [2.75, 3.05) is 32.7 Å². The molecule has 0 spiro atoms. The summed E-state index contributed by atoms with van der Waals surface area (Å²) in [4.78, 5) is 16.7. The Morgan fingerprint density at radius 2 is 2.00 bits per heavy atom. The fraction of sp³-hybridized carbons (Fsp3) is 0.611. The van der Waals surface area contributed by atoms with Crippen LogP contribution in [0.1, 0.15) is 37.7 Å². The van der Waals surface area contributed by atoms with Crippen LogP contribution in [-0.2, 0) is 0 Å². The van der Waals surface area contributed by atoms with E-state index in [2.05, 4.69) is 17.1 Å². The summed E-state index contributed by atoms with van der Waals surface area (Å²) < 4.78 is 13.8. The van der Waals surface area contributed by atoms with E-state index in [1.807, 2.05) is 17.0 Å². The Morgan fingerprint density at radius 3 is 2.74 bits per heavy atom. The molecule has 1 saturated carbocycles. The molecule has 2 amide bonds. The highest BCUT2D eigenvalue weighted by Crippen LogP contribution is 2.38. The molecule has 2 aliphatic rings. The first-order valence-electron chi connectivity index (χ1n) is 8.69. The largest absolute Gasteiger partial charge is 0.335 e. The third-order valence-electron chi connectivity index (χ3n) is 5.13. The topological polar surface area (TPSA) is 35.6 Å². The molecule has 0 radical (unpaired) electrons. The first-order chi connectivity index (χ1) is 11.2. The molecule has 3 rings (SSSR count). The van der Waals surface area contributed by atoms with Gasteiger partial charge in [0.15, 0.2) is 0 Å². The van der Waals surface area contributed by atoms with E-state index in [1.165, 1.54) is 6.07 Å². The molecule has 1 saturated heterocycles. The van der Waals surface area contributed by atoms with Gasteiger partial charge in [-0.3, -0.25) is 0 Å². The lowest BCUT2D eigenvalue weighted by molar-refractivity contribution is 0.182. The number of nitrogens with one attached hydrogen (secondary N) is 1. The molecule has 23 heavy (non-hydrogen) atoms. The van der Waals surface area contributed by atoms with E-state index in [0.29, 0.717) is 0 Å². The SMILES string of the molecule is CCN1CCCN(C(=O)NC2CC(c3ccccc3F)C2)CC1. The van der Waals surface area contributed by atoms with Crippen LogP contribution in [0.15, 0.2) is 24.3 Å². The van der Waals surface area contributed by atoms with Crippen molar-refractivity contribution in [2.45, 2.75) is 38.1 Å². The molecule has 1 heterocycles. The fourth-order valence-electron chi connectivity index (χ4n) is 3.55. The van der Waals surface area contributed by atoms with Gasteiger partial charge in [-0.25, -0.2) is 9.18 Å². The summed E-state index contributed by atoms with van der Waals surface area (Å²) in [6, 6.07) is 7.18. The van der Waals surface area contributed by atoms with Gasteiger partial charge in [0.2, 0.25) is 0 Å². The number of carbonyl (C=O) groups is 1. The summed E-state index contributed by atoms with van der Waals surface area (Å²) >= 11 is 0. The maximum atomic E-state index is 13.8. The van der Waals surface area contributed by atoms with Gasteiger partial charge in [0, 0.05) is 25.7 Å². The number of urea groups is 1. The molecular weight excluding hydrogens is 293 g/mol. The number of hydrogen-bond acceptors (Lipinski definition) is 2. The van der Waals surface area contributed by atoms with Crippen molar-refractivity contribution in [3.63, 3.8) is 0 Å². The predicted octanol–water partition coefficient (Wildman–Crippen LogP) is 2.81. The van der Waals surface area contributed by atoms with Gasteiger partial charge >= 0.3 is 6.03 Å². The Bertz CT molecular complexity index is 545. The van der Waals surface area contributed by atoms with Gasteiger partial charge in [-0.05, 0) is 49.9 Å². The molecule has 1 aliphatic heterocycles. The van der Waals surface area contributed by atoms with E-state index in [-0.39, 0.29) is 23.8 Å². The minimum atomic E-state index is -0.130. The summed E-state index contributed by atoms with van der Waals surface area (Å²) in [5, 5.41) is 3.11. The Kier molecular flexibility index (Phi) is 5.16. The normalized spacial score (nSPS) is 25.6. The van der Waals surface area contributed by atoms with Crippen molar-refractivity contribution in [3.05, 3.63) is 35.6 Å². The second-order valence-electron chi connectivity index (χ2n) is 6.61. The molecule has 1 N–H and O–H groups in total. The Labute approximate surface area is 137 Å². The average molecular weight is 319 g/mol. The number of halogens is 1. The smallest absolute Gasteiger partial charge is 0.317 e. The molecule has 4 nitrogen and oxygen atoms in total. The van der Waals surface area contributed by atoms with E-state index in [0.717, 1.165) is 57.5 Å². The quantitative estimate of drug-likeness (QED) is 0.930. The number of rotatable bonds is 3. The molecule has 0 aromatic heterocycles. The third kappa shape index (κ3) is 3.83. The summed E-state index contributed by atoms with van der Waals surface area (Å²) in [7, 11) is 0. The zero-order valence-electron chi connectivity index (χ0n) is 13.8. The van der Waals surface area contributed by atoms with Crippen molar-refractivity contribution >= 4 is 6.03 Å². The molecule has 0 bridgehead atoms. The van der Waals surface area contributed by atoms with Gasteiger partial charge in [-0.2, -0.15) is 0 Å². The Balaban J connectivity index is 1.46.